The van der Waals surface area contributed by atoms with Crippen LogP contribution >= 0.6 is 0 Å². The van der Waals surface area contributed by atoms with Crippen molar-refractivity contribution < 1.29 is 14.3 Å². The smallest absolute Gasteiger partial charge is 0.330 e. The second-order valence-electron chi connectivity index (χ2n) is 6.85. The van der Waals surface area contributed by atoms with Crippen LogP contribution in [0.2, 0.25) is 0 Å². The number of nitrogen functional groups attached to an aromatic ring is 1. The van der Waals surface area contributed by atoms with Gasteiger partial charge in [0.15, 0.2) is 17.2 Å². The van der Waals surface area contributed by atoms with E-state index in [0.717, 1.165) is 6.42 Å². The van der Waals surface area contributed by atoms with E-state index in [0.29, 0.717) is 30.9 Å². The van der Waals surface area contributed by atoms with Gasteiger partial charge in [0.05, 0.1) is 0 Å². The number of carbonyl (C=O) groups is 1. The monoisotopic (exact) mass is 402 g/mol. The van der Waals surface area contributed by atoms with Gasteiger partial charge in [-0.05, 0) is 25.0 Å². The molecule has 1 atom stereocenters. The first-order valence-corrected chi connectivity index (χ1v) is 9.80. The van der Waals surface area contributed by atoms with Crippen LogP contribution in [-0.2, 0) is 11.3 Å². The fraction of sp³-hybridized carbons (Fsp3) is 0.450. The van der Waals surface area contributed by atoms with E-state index in [1.807, 2.05) is 19.9 Å². The Morgan fingerprint density at radius 3 is 2.66 bits per heavy atom. The molecule has 0 fully saturated rings. The van der Waals surface area contributed by atoms with Crippen LogP contribution in [0.15, 0.2) is 33.9 Å². The number of nitrogens with zero attached hydrogens (tertiary/aromatic N) is 2. The number of para-hydroxylation sites is 2. The van der Waals surface area contributed by atoms with Gasteiger partial charge in [-0.2, -0.15) is 0 Å². The van der Waals surface area contributed by atoms with E-state index in [1.54, 1.807) is 18.2 Å². The van der Waals surface area contributed by atoms with Crippen molar-refractivity contribution >= 4 is 17.4 Å². The summed E-state index contributed by atoms with van der Waals surface area (Å²) in [6.07, 6.45) is 1.23. The highest BCUT2D eigenvalue weighted by atomic mass is 16.6. The molecule has 1 aliphatic rings. The van der Waals surface area contributed by atoms with Crippen LogP contribution in [0.4, 0.5) is 11.5 Å². The van der Waals surface area contributed by atoms with E-state index in [-0.39, 0.29) is 24.7 Å². The Morgan fingerprint density at radius 1 is 1.24 bits per heavy atom. The van der Waals surface area contributed by atoms with Crippen molar-refractivity contribution in [2.75, 3.05) is 23.8 Å². The van der Waals surface area contributed by atoms with Gasteiger partial charge in [-0.3, -0.25) is 19.1 Å². The van der Waals surface area contributed by atoms with Crippen molar-refractivity contribution in [3.63, 3.8) is 0 Å². The third kappa shape index (κ3) is 4.13. The number of hydrogen-bond donors (Lipinski definition) is 2. The molecule has 1 aliphatic heterocycles. The standard InChI is InChI=1S/C20H26N4O5/c1-3-5-11-24-17(21)16(18(25)22-20(24)27)23(10-4-2)19(26)15-12-28-13-8-6-7-9-14(13)29-15/h6-9,15H,3-5,10-12,21H2,1-2H3,(H,22,25,27)/t15-/m1/s1. The third-order valence-electron chi connectivity index (χ3n) is 4.72. The number of hydrogen-bond acceptors (Lipinski definition) is 6. The summed E-state index contributed by atoms with van der Waals surface area (Å²) in [5.74, 6) is 0.554. The van der Waals surface area contributed by atoms with Gasteiger partial charge in [0.2, 0.25) is 6.10 Å². The fourth-order valence-electron chi connectivity index (χ4n) is 3.25. The summed E-state index contributed by atoms with van der Waals surface area (Å²) in [4.78, 5) is 41.6. The highest BCUT2D eigenvalue weighted by Crippen LogP contribution is 2.32. The predicted molar refractivity (Wildman–Crippen MR) is 110 cm³/mol. The van der Waals surface area contributed by atoms with Gasteiger partial charge in [-0.1, -0.05) is 32.4 Å². The van der Waals surface area contributed by atoms with Crippen LogP contribution in [0.25, 0.3) is 0 Å². The Kier molecular flexibility index (Phi) is 6.26. The third-order valence-corrected chi connectivity index (χ3v) is 4.72. The molecule has 0 spiro atoms. The topological polar surface area (TPSA) is 120 Å². The maximum atomic E-state index is 13.2. The van der Waals surface area contributed by atoms with Crippen molar-refractivity contribution in [3.05, 3.63) is 45.1 Å². The number of carbonyl (C=O) groups excluding carboxylic acids is 1. The number of rotatable bonds is 7. The van der Waals surface area contributed by atoms with E-state index < -0.39 is 23.3 Å². The zero-order valence-electron chi connectivity index (χ0n) is 16.6. The summed E-state index contributed by atoms with van der Waals surface area (Å²) in [5, 5.41) is 0. The molecule has 3 rings (SSSR count). The van der Waals surface area contributed by atoms with Gasteiger partial charge in [-0.25, -0.2) is 4.79 Å². The van der Waals surface area contributed by atoms with Crippen molar-refractivity contribution in [3.8, 4) is 11.5 Å². The van der Waals surface area contributed by atoms with Crippen molar-refractivity contribution in [2.24, 2.45) is 0 Å². The Labute approximate surface area is 168 Å². The lowest BCUT2D eigenvalue weighted by Gasteiger charge is -2.31. The number of fused-ring (bicyclic) bond motifs is 1. The van der Waals surface area contributed by atoms with E-state index >= 15 is 0 Å². The molecule has 9 heteroatoms. The number of aromatic amines is 1. The van der Waals surface area contributed by atoms with Crippen molar-refractivity contribution in [1.29, 1.82) is 0 Å². The summed E-state index contributed by atoms with van der Waals surface area (Å²) >= 11 is 0. The molecule has 0 unspecified atom stereocenters. The van der Waals surface area contributed by atoms with E-state index in [1.165, 1.54) is 9.47 Å². The van der Waals surface area contributed by atoms with Gasteiger partial charge < -0.3 is 20.1 Å². The first kappa shape index (κ1) is 20.5. The number of nitrogens with two attached hydrogens (primary N) is 1. The number of unbranched alkanes of at least 4 members (excludes halogenated alkanes) is 1. The molecule has 2 heterocycles. The second kappa shape index (κ2) is 8.85. The number of H-pyrrole nitrogens is 1. The average molecular weight is 402 g/mol. The molecule has 0 saturated heterocycles. The normalized spacial score (nSPS) is 15.2. The molecule has 1 amide bonds. The Hall–Kier alpha value is -3.23. The summed E-state index contributed by atoms with van der Waals surface area (Å²) in [7, 11) is 0. The number of nitrogens with one attached hydrogen (secondary N) is 1. The van der Waals surface area contributed by atoms with Crippen molar-refractivity contribution in [1.82, 2.24) is 9.55 Å². The molecule has 0 radical (unpaired) electrons. The lowest BCUT2D eigenvalue weighted by atomic mass is 10.2. The average Bonchev–Trinajstić information content (AvgIpc) is 2.72. The summed E-state index contributed by atoms with van der Waals surface area (Å²) < 4.78 is 12.7. The Bertz CT molecular complexity index is 997. The lowest BCUT2D eigenvalue weighted by molar-refractivity contribution is -0.127. The summed E-state index contributed by atoms with van der Waals surface area (Å²) in [6, 6.07) is 7.07. The number of amides is 1. The number of aromatic nitrogens is 2. The van der Waals surface area contributed by atoms with Gasteiger partial charge in [-0.15, -0.1) is 0 Å². The lowest BCUT2D eigenvalue weighted by Crippen LogP contribution is -2.49. The molecule has 2 aromatic rings. The second-order valence-corrected chi connectivity index (χ2v) is 6.85. The van der Waals surface area contributed by atoms with Crippen LogP contribution in [-0.4, -0.2) is 34.7 Å². The van der Waals surface area contributed by atoms with Gasteiger partial charge in [0.1, 0.15) is 12.4 Å². The quantitative estimate of drug-likeness (QED) is 0.724. The molecule has 9 nitrogen and oxygen atoms in total. The summed E-state index contributed by atoms with van der Waals surface area (Å²) in [6.45, 7) is 4.49. The van der Waals surface area contributed by atoms with Crippen LogP contribution in [0.5, 0.6) is 11.5 Å². The first-order chi connectivity index (χ1) is 14.0. The Balaban J connectivity index is 1.97. The maximum Gasteiger partial charge on any atom is 0.330 e. The van der Waals surface area contributed by atoms with E-state index in [2.05, 4.69) is 4.98 Å². The fourth-order valence-corrected chi connectivity index (χ4v) is 3.25. The minimum Gasteiger partial charge on any atom is -0.485 e. The van der Waals surface area contributed by atoms with Crippen LogP contribution in [0.3, 0.4) is 0 Å². The van der Waals surface area contributed by atoms with Crippen LogP contribution in [0, 0.1) is 0 Å². The largest absolute Gasteiger partial charge is 0.485 e. The van der Waals surface area contributed by atoms with Crippen LogP contribution < -0.4 is 31.4 Å². The molecule has 3 N–H and O–H groups in total. The minimum absolute atomic E-state index is 0.0172. The number of ether oxygens (including phenoxy) is 2. The van der Waals surface area contributed by atoms with Gasteiger partial charge in [0, 0.05) is 13.1 Å². The molecule has 0 bridgehead atoms. The SMILES string of the molecule is CCCCn1c(N)c(N(CCC)C(=O)[C@H]2COc3ccccc3O2)c(=O)[nH]c1=O. The molecule has 0 aliphatic carbocycles. The zero-order valence-corrected chi connectivity index (χ0v) is 16.6. The number of anilines is 2. The molecular weight excluding hydrogens is 376 g/mol. The summed E-state index contributed by atoms with van der Waals surface area (Å²) in [5.41, 5.74) is 4.87. The highest BCUT2D eigenvalue weighted by Gasteiger charge is 2.34. The predicted octanol–water partition coefficient (Wildman–Crippen LogP) is 1.50. The van der Waals surface area contributed by atoms with Crippen LogP contribution in [0.1, 0.15) is 33.1 Å². The maximum absolute atomic E-state index is 13.2. The minimum atomic E-state index is -0.925. The highest BCUT2D eigenvalue weighted by molar-refractivity contribution is 5.98. The molecule has 1 aromatic carbocycles. The first-order valence-electron chi connectivity index (χ1n) is 9.80. The zero-order chi connectivity index (χ0) is 21.0. The molecule has 156 valence electrons. The Morgan fingerprint density at radius 2 is 1.97 bits per heavy atom. The van der Waals surface area contributed by atoms with Gasteiger partial charge >= 0.3 is 5.69 Å². The van der Waals surface area contributed by atoms with Crippen molar-refractivity contribution in [2.45, 2.75) is 45.8 Å². The molecule has 0 saturated carbocycles. The van der Waals surface area contributed by atoms with E-state index in [4.69, 9.17) is 15.2 Å². The molecular formula is C20H26N4O5. The van der Waals surface area contributed by atoms with Gasteiger partial charge in [0.25, 0.3) is 11.5 Å². The van der Waals surface area contributed by atoms with E-state index in [9.17, 15) is 14.4 Å². The molecule has 29 heavy (non-hydrogen) atoms. The number of benzene rings is 1. The molecule has 1 aromatic heterocycles.